The van der Waals surface area contributed by atoms with Gasteiger partial charge in [-0.15, -0.1) is 22.8 Å². The van der Waals surface area contributed by atoms with Crippen molar-refractivity contribution < 1.29 is 0 Å². The Morgan fingerprint density at radius 3 is 1.21 bits per heavy atom. The molecule has 0 heterocycles. The number of benzene rings is 1. The van der Waals surface area contributed by atoms with Crippen LogP contribution in [-0.2, 0) is 0 Å². The molecule has 0 aliphatic rings. The number of hydrogen-bond donors (Lipinski definition) is 0. The lowest BCUT2D eigenvalue weighted by Crippen LogP contribution is -1.84. The zero-order chi connectivity index (χ0) is 24.4. The molecular weight excluding hydrogens is 488 g/mol. The molecule has 0 nitrogen and oxygen atoms in total. The second-order valence-corrected chi connectivity index (χ2v) is 19.6. The molecule has 34 heavy (non-hydrogen) atoms. The standard InChI is InChI=1S/C30H55PS3/c1-3-5-7-9-11-13-15-17-19-24-28-32-31(34-30-26-22-21-23-27-30)33-29-25-20-18-16-14-12-10-8-6-4-2/h21-23,26-27H,3-20,24-25,28-29H2,1-2H3. The van der Waals surface area contributed by atoms with Crippen molar-refractivity contribution in [3.8, 4) is 0 Å². The average molecular weight is 543 g/mol. The normalized spacial score (nSPS) is 11.5. The lowest BCUT2D eigenvalue weighted by Gasteiger charge is -2.15. The van der Waals surface area contributed by atoms with Crippen LogP contribution in [0.1, 0.15) is 142 Å². The van der Waals surface area contributed by atoms with Gasteiger partial charge in [0.25, 0.3) is 0 Å². The molecule has 198 valence electrons. The highest BCUT2D eigenvalue weighted by Crippen LogP contribution is 2.72. The van der Waals surface area contributed by atoms with Crippen molar-refractivity contribution in [2.24, 2.45) is 0 Å². The Bertz CT molecular complexity index is 485. The summed E-state index contributed by atoms with van der Waals surface area (Å²) in [6.45, 7) is 4.61. The first-order valence-corrected chi connectivity index (χ1v) is 20.6. The molecule has 0 N–H and O–H groups in total. The zero-order valence-corrected chi connectivity index (χ0v) is 26.0. The van der Waals surface area contributed by atoms with Gasteiger partial charge in [0.15, 0.2) is 0 Å². The van der Waals surface area contributed by atoms with E-state index in [0.717, 1.165) is 0 Å². The molecule has 1 aromatic rings. The third-order valence-electron chi connectivity index (χ3n) is 6.31. The first kappa shape index (κ1) is 32.7. The van der Waals surface area contributed by atoms with Gasteiger partial charge in [-0.25, -0.2) is 0 Å². The van der Waals surface area contributed by atoms with Crippen molar-refractivity contribution in [3.05, 3.63) is 30.3 Å². The molecule has 0 aromatic heterocycles. The summed E-state index contributed by atoms with van der Waals surface area (Å²) in [5, 5.41) is 0. The number of unbranched alkanes of at least 4 members (excludes halogenated alkanes) is 18. The number of rotatable bonds is 26. The van der Waals surface area contributed by atoms with E-state index in [1.54, 1.807) is 0 Å². The Morgan fingerprint density at radius 1 is 0.471 bits per heavy atom. The molecule has 0 unspecified atom stereocenters. The second kappa shape index (κ2) is 26.8. The lowest BCUT2D eigenvalue weighted by molar-refractivity contribution is 0.563. The quantitative estimate of drug-likeness (QED) is 0.0843. The fraction of sp³-hybridized carbons (Fsp3) is 0.800. The summed E-state index contributed by atoms with van der Waals surface area (Å²) in [6, 6.07) is 11.1. The molecule has 0 atom stereocenters. The SMILES string of the molecule is CCCCCCCCCCCCSP(SCCCCCCCCCCCC)Sc1ccccc1. The Kier molecular flexibility index (Phi) is 25.8. The highest BCUT2D eigenvalue weighted by atomic mass is 33.4. The highest BCUT2D eigenvalue weighted by Gasteiger charge is 2.12. The third-order valence-corrected chi connectivity index (χ3v) is 16.9. The minimum atomic E-state index is -0.0596. The third kappa shape index (κ3) is 21.9. The summed E-state index contributed by atoms with van der Waals surface area (Å²) < 4.78 is 0. The molecule has 4 heteroatoms. The predicted molar refractivity (Wildman–Crippen MR) is 168 cm³/mol. The van der Waals surface area contributed by atoms with E-state index in [9.17, 15) is 0 Å². The summed E-state index contributed by atoms with van der Waals surface area (Å²) in [5.41, 5.74) is -0.0596. The topological polar surface area (TPSA) is 0 Å². The molecule has 0 spiro atoms. The minimum Gasteiger partial charge on any atom is -0.112 e. The molecule has 1 aromatic carbocycles. The molecule has 0 saturated heterocycles. The van der Waals surface area contributed by atoms with Gasteiger partial charge in [-0.1, -0.05) is 159 Å². The Balaban J connectivity index is 2.08. The highest BCUT2D eigenvalue weighted by molar-refractivity contribution is 9.12. The zero-order valence-electron chi connectivity index (χ0n) is 22.6. The molecule has 0 amide bonds. The Hall–Kier alpha value is 0.700. The van der Waals surface area contributed by atoms with Gasteiger partial charge in [-0.2, -0.15) is 0 Å². The van der Waals surface area contributed by atoms with Crippen LogP contribution in [0.15, 0.2) is 35.2 Å². The van der Waals surface area contributed by atoms with Crippen molar-refractivity contribution in [3.63, 3.8) is 0 Å². The monoisotopic (exact) mass is 542 g/mol. The van der Waals surface area contributed by atoms with Gasteiger partial charge >= 0.3 is 0 Å². The summed E-state index contributed by atoms with van der Waals surface area (Å²) >= 11 is 6.67. The van der Waals surface area contributed by atoms with E-state index in [0.29, 0.717) is 0 Å². The van der Waals surface area contributed by atoms with Gasteiger partial charge in [-0.3, -0.25) is 0 Å². The largest absolute Gasteiger partial charge is 0.112 e. The van der Waals surface area contributed by atoms with E-state index in [4.69, 9.17) is 0 Å². The van der Waals surface area contributed by atoms with Gasteiger partial charge < -0.3 is 0 Å². The number of hydrogen-bond acceptors (Lipinski definition) is 3. The van der Waals surface area contributed by atoms with Crippen molar-refractivity contribution in [2.45, 2.75) is 147 Å². The van der Waals surface area contributed by atoms with Crippen molar-refractivity contribution >= 4 is 39.7 Å². The van der Waals surface area contributed by atoms with Crippen LogP contribution in [-0.4, -0.2) is 11.5 Å². The molecule has 0 aliphatic heterocycles. The van der Waals surface area contributed by atoms with E-state index < -0.39 is 0 Å². The second-order valence-electron chi connectivity index (χ2n) is 9.66. The fourth-order valence-corrected chi connectivity index (χ4v) is 14.7. The summed E-state index contributed by atoms with van der Waals surface area (Å²) in [6.07, 6.45) is 28.7. The van der Waals surface area contributed by atoms with Crippen LogP contribution in [0, 0.1) is 0 Å². The van der Waals surface area contributed by atoms with E-state index in [-0.39, 0.29) is 5.53 Å². The van der Waals surface area contributed by atoms with Crippen molar-refractivity contribution in [1.82, 2.24) is 0 Å². The fourth-order valence-electron chi connectivity index (χ4n) is 4.11. The Labute approximate surface area is 227 Å². The van der Waals surface area contributed by atoms with Crippen LogP contribution in [0.25, 0.3) is 0 Å². The van der Waals surface area contributed by atoms with E-state index in [2.05, 4.69) is 78.3 Å². The first-order valence-electron chi connectivity index (χ1n) is 14.7. The maximum atomic E-state index is 2.30. The molecule has 0 fully saturated rings. The van der Waals surface area contributed by atoms with Crippen LogP contribution >= 0.6 is 39.7 Å². The Morgan fingerprint density at radius 2 is 0.824 bits per heavy atom. The molecule has 0 saturated carbocycles. The molecule has 0 bridgehead atoms. The van der Waals surface area contributed by atoms with Gasteiger partial charge in [0.1, 0.15) is 0 Å². The van der Waals surface area contributed by atoms with Crippen LogP contribution in [0.3, 0.4) is 0 Å². The van der Waals surface area contributed by atoms with Gasteiger partial charge in [0.2, 0.25) is 0 Å². The molecule has 1 rings (SSSR count). The maximum Gasteiger partial charge on any atom is 0.0778 e. The van der Waals surface area contributed by atoms with E-state index in [1.807, 2.05) is 0 Å². The predicted octanol–water partition coefficient (Wildman–Crippen LogP) is 13.3. The van der Waals surface area contributed by atoms with E-state index >= 15 is 0 Å². The first-order chi connectivity index (χ1) is 16.9. The molecule has 0 radical (unpaired) electrons. The molecule has 0 aliphatic carbocycles. The van der Waals surface area contributed by atoms with Crippen LogP contribution in [0.4, 0.5) is 0 Å². The van der Waals surface area contributed by atoms with Crippen LogP contribution < -0.4 is 0 Å². The van der Waals surface area contributed by atoms with E-state index in [1.165, 1.54) is 145 Å². The van der Waals surface area contributed by atoms with Gasteiger partial charge in [0, 0.05) is 4.90 Å². The smallest absolute Gasteiger partial charge is 0.0778 e. The van der Waals surface area contributed by atoms with Gasteiger partial charge in [0.05, 0.1) is 5.53 Å². The van der Waals surface area contributed by atoms with Crippen LogP contribution in [0.5, 0.6) is 0 Å². The average Bonchev–Trinajstić information content (AvgIpc) is 2.86. The maximum absolute atomic E-state index is 2.30. The summed E-state index contributed by atoms with van der Waals surface area (Å²) in [7, 11) is 0. The lowest BCUT2D eigenvalue weighted by atomic mass is 10.1. The van der Waals surface area contributed by atoms with Crippen LogP contribution in [0.2, 0.25) is 0 Å². The summed E-state index contributed by atoms with van der Waals surface area (Å²) in [5.74, 6) is 2.71. The minimum absolute atomic E-state index is 0.0596. The van der Waals surface area contributed by atoms with Gasteiger partial charge in [-0.05, 0) is 36.5 Å². The van der Waals surface area contributed by atoms with Crippen molar-refractivity contribution in [2.75, 3.05) is 11.5 Å². The summed E-state index contributed by atoms with van der Waals surface area (Å²) in [4.78, 5) is 1.46. The molecular formula is C30H55PS3. The van der Waals surface area contributed by atoms with Crippen molar-refractivity contribution in [1.29, 1.82) is 0 Å².